The fourth-order valence-corrected chi connectivity index (χ4v) is 3.31. The first-order valence-electron chi connectivity index (χ1n) is 8.79. The van der Waals surface area contributed by atoms with Crippen molar-refractivity contribution in [3.05, 3.63) is 65.5 Å². The Morgan fingerprint density at radius 3 is 2.63 bits per heavy atom. The number of aromatic nitrogens is 4. The molecule has 0 atom stereocenters. The maximum atomic E-state index is 13.3. The summed E-state index contributed by atoms with van der Waals surface area (Å²) in [6.45, 7) is 3.40. The van der Waals surface area contributed by atoms with E-state index in [9.17, 15) is 9.18 Å². The van der Waals surface area contributed by atoms with Crippen molar-refractivity contribution in [2.75, 3.05) is 26.2 Å². The second kappa shape index (κ2) is 7.63. The lowest BCUT2D eigenvalue weighted by molar-refractivity contribution is 0.0629. The number of hydrogen-bond acceptors (Lipinski definition) is 5. The lowest BCUT2D eigenvalue weighted by Gasteiger charge is -2.35. The molecule has 1 aromatic heterocycles. The van der Waals surface area contributed by atoms with Crippen LogP contribution >= 0.6 is 0 Å². The summed E-state index contributed by atoms with van der Waals surface area (Å²) < 4.78 is 13.3. The SMILES string of the molecule is O=C(c1ccccc1-c1nn[nH]n1)N1CCN(Cc2cccc(F)c2)CC1. The van der Waals surface area contributed by atoms with Gasteiger partial charge in [0.2, 0.25) is 5.82 Å². The average molecular weight is 366 g/mol. The molecule has 7 nitrogen and oxygen atoms in total. The van der Waals surface area contributed by atoms with E-state index in [2.05, 4.69) is 25.5 Å². The Morgan fingerprint density at radius 2 is 1.89 bits per heavy atom. The molecule has 1 aliphatic heterocycles. The molecule has 0 saturated carbocycles. The molecule has 0 bridgehead atoms. The van der Waals surface area contributed by atoms with E-state index in [0.29, 0.717) is 36.6 Å². The lowest BCUT2D eigenvalue weighted by Crippen LogP contribution is -2.48. The minimum absolute atomic E-state index is 0.0409. The smallest absolute Gasteiger partial charge is 0.254 e. The Labute approximate surface area is 155 Å². The first-order valence-corrected chi connectivity index (χ1v) is 8.79. The van der Waals surface area contributed by atoms with Gasteiger partial charge < -0.3 is 4.90 Å². The summed E-state index contributed by atoms with van der Waals surface area (Å²) in [5, 5.41) is 14.0. The number of carbonyl (C=O) groups excluding carboxylic acids is 1. The van der Waals surface area contributed by atoms with Gasteiger partial charge in [-0.1, -0.05) is 30.3 Å². The zero-order chi connectivity index (χ0) is 18.6. The van der Waals surface area contributed by atoms with Crippen LogP contribution in [0, 0.1) is 5.82 Å². The molecule has 1 aliphatic rings. The molecule has 4 rings (SSSR count). The number of halogens is 1. The van der Waals surface area contributed by atoms with E-state index in [4.69, 9.17) is 0 Å². The van der Waals surface area contributed by atoms with Crippen LogP contribution in [0.4, 0.5) is 4.39 Å². The summed E-state index contributed by atoms with van der Waals surface area (Å²) in [6, 6.07) is 13.9. The topological polar surface area (TPSA) is 78.0 Å². The van der Waals surface area contributed by atoms with E-state index < -0.39 is 0 Å². The van der Waals surface area contributed by atoms with Crippen molar-refractivity contribution >= 4 is 5.91 Å². The molecule has 2 heterocycles. The standard InChI is InChI=1S/C19H19FN6O/c20-15-5-3-4-14(12-15)13-25-8-10-26(11-9-25)19(27)17-7-2-1-6-16(17)18-21-23-24-22-18/h1-7,12H,8-11,13H2,(H,21,22,23,24). The molecule has 2 aromatic carbocycles. The summed E-state index contributed by atoms with van der Waals surface area (Å²) in [5.74, 6) is 0.142. The van der Waals surface area contributed by atoms with Crippen molar-refractivity contribution in [3.63, 3.8) is 0 Å². The Bertz CT molecular complexity index is 921. The maximum Gasteiger partial charge on any atom is 0.254 e. The Hall–Kier alpha value is -3.13. The van der Waals surface area contributed by atoms with Gasteiger partial charge in [0.05, 0.1) is 5.56 Å². The van der Waals surface area contributed by atoms with Gasteiger partial charge in [0.1, 0.15) is 5.82 Å². The molecule has 138 valence electrons. The van der Waals surface area contributed by atoms with Crippen molar-refractivity contribution in [1.29, 1.82) is 0 Å². The fourth-order valence-electron chi connectivity index (χ4n) is 3.31. The number of amides is 1. The first-order chi connectivity index (χ1) is 13.2. The van der Waals surface area contributed by atoms with E-state index in [1.165, 1.54) is 6.07 Å². The van der Waals surface area contributed by atoms with Gasteiger partial charge in [0.15, 0.2) is 0 Å². The number of nitrogens with one attached hydrogen (secondary N) is 1. The van der Waals surface area contributed by atoms with Crippen LogP contribution < -0.4 is 0 Å². The average Bonchev–Trinajstić information content (AvgIpc) is 3.23. The summed E-state index contributed by atoms with van der Waals surface area (Å²) in [6.07, 6.45) is 0. The lowest BCUT2D eigenvalue weighted by atomic mass is 10.1. The van der Waals surface area contributed by atoms with Crippen LogP contribution in [0.3, 0.4) is 0 Å². The monoisotopic (exact) mass is 366 g/mol. The largest absolute Gasteiger partial charge is 0.336 e. The molecule has 0 spiro atoms. The third-order valence-electron chi connectivity index (χ3n) is 4.70. The molecule has 27 heavy (non-hydrogen) atoms. The van der Waals surface area contributed by atoms with Crippen molar-refractivity contribution < 1.29 is 9.18 Å². The molecule has 0 unspecified atom stereocenters. The van der Waals surface area contributed by atoms with E-state index in [1.807, 2.05) is 29.2 Å². The van der Waals surface area contributed by atoms with Crippen molar-refractivity contribution in [3.8, 4) is 11.4 Å². The zero-order valence-corrected chi connectivity index (χ0v) is 14.7. The highest BCUT2D eigenvalue weighted by Crippen LogP contribution is 2.21. The van der Waals surface area contributed by atoms with Crippen LogP contribution in [0.25, 0.3) is 11.4 Å². The highest BCUT2D eigenvalue weighted by Gasteiger charge is 2.25. The molecule has 8 heteroatoms. The van der Waals surface area contributed by atoms with E-state index in [-0.39, 0.29) is 11.7 Å². The molecule has 1 fully saturated rings. The Morgan fingerprint density at radius 1 is 1.07 bits per heavy atom. The fraction of sp³-hybridized carbons (Fsp3) is 0.263. The predicted octanol–water partition coefficient (Wildman–Crippen LogP) is 1.96. The van der Waals surface area contributed by atoms with Gasteiger partial charge in [0, 0.05) is 38.3 Å². The normalized spacial score (nSPS) is 15.1. The van der Waals surface area contributed by atoms with Gasteiger partial charge in [-0.05, 0) is 29.0 Å². The number of rotatable bonds is 4. The molecule has 1 N–H and O–H groups in total. The summed E-state index contributed by atoms with van der Waals surface area (Å²) in [7, 11) is 0. The van der Waals surface area contributed by atoms with E-state index >= 15 is 0 Å². The number of aromatic amines is 1. The van der Waals surface area contributed by atoms with Crippen LogP contribution in [0.1, 0.15) is 15.9 Å². The van der Waals surface area contributed by atoms with Crippen molar-refractivity contribution in [1.82, 2.24) is 30.4 Å². The van der Waals surface area contributed by atoms with Crippen molar-refractivity contribution in [2.24, 2.45) is 0 Å². The number of nitrogens with zero attached hydrogens (tertiary/aromatic N) is 5. The summed E-state index contributed by atoms with van der Waals surface area (Å²) in [5.41, 5.74) is 2.17. The zero-order valence-electron chi connectivity index (χ0n) is 14.7. The van der Waals surface area contributed by atoms with Crippen LogP contribution in [-0.4, -0.2) is 62.5 Å². The molecular weight excluding hydrogens is 347 g/mol. The number of hydrogen-bond donors (Lipinski definition) is 1. The van der Waals surface area contributed by atoms with E-state index in [1.54, 1.807) is 18.2 Å². The Kier molecular flexibility index (Phi) is 4.88. The predicted molar refractivity (Wildman–Crippen MR) is 97.2 cm³/mol. The second-order valence-electron chi connectivity index (χ2n) is 6.48. The van der Waals surface area contributed by atoms with Gasteiger partial charge in [-0.25, -0.2) is 4.39 Å². The number of benzene rings is 2. The quantitative estimate of drug-likeness (QED) is 0.764. The van der Waals surface area contributed by atoms with Crippen LogP contribution in [-0.2, 0) is 6.54 Å². The molecule has 0 radical (unpaired) electrons. The second-order valence-corrected chi connectivity index (χ2v) is 6.48. The molecular formula is C19H19FN6O. The number of piperazine rings is 1. The third-order valence-corrected chi connectivity index (χ3v) is 4.70. The van der Waals surface area contributed by atoms with Crippen molar-refractivity contribution in [2.45, 2.75) is 6.54 Å². The highest BCUT2D eigenvalue weighted by atomic mass is 19.1. The number of H-pyrrole nitrogens is 1. The highest BCUT2D eigenvalue weighted by molar-refractivity contribution is 6.00. The van der Waals surface area contributed by atoms with Gasteiger partial charge in [-0.3, -0.25) is 9.69 Å². The third kappa shape index (κ3) is 3.85. The number of tetrazole rings is 1. The van der Waals surface area contributed by atoms with Gasteiger partial charge >= 0.3 is 0 Å². The van der Waals surface area contributed by atoms with Crippen LogP contribution in [0.2, 0.25) is 0 Å². The van der Waals surface area contributed by atoms with Gasteiger partial charge in [-0.15, -0.1) is 10.2 Å². The molecule has 0 aliphatic carbocycles. The molecule has 1 saturated heterocycles. The first kappa shape index (κ1) is 17.3. The summed E-state index contributed by atoms with van der Waals surface area (Å²) >= 11 is 0. The van der Waals surface area contributed by atoms with Crippen LogP contribution in [0.5, 0.6) is 0 Å². The van der Waals surface area contributed by atoms with Gasteiger partial charge in [-0.2, -0.15) is 5.21 Å². The molecule has 3 aromatic rings. The van der Waals surface area contributed by atoms with E-state index in [0.717, 1.165) is 18.7 Å². The number of carbonyl (C=O) groups is 1. The minimum Gasteiger partial charge on any atom is -0.336 e. The van der Waals surface area contributed by atoms with Gasteiger partial charge in [0.25, 0.3) is 5.91 Å². The molecule has 1 amide bonds. The van der Waals surface area contributed by atoms with Crippen LogP contribution in [0.15, 0.2) is 48.5 Å². The Balaban J connectivity index is 1.42. The maximum absolute atomic E-state index is 13.3. The summed E-state index contributed by atoms with van der Waals surface area (Å²) in [4.78, 5) is 17.1. The minimum atomic E-state index is -0.223.